The Morgan fingerprint density at radius 1 is 0.508 bits per heavy atom. The van der Waals surface area contributed by atoms with Crippen LogP contribution in [-0.2, 0) is 6.54 Å². The summed E-state index contributed by atoms with van der Waals surface area (Å²) in [6, 6.07) is 73.2. The summed E-state index contributed by atoms with van der Waals surface area (Å²) in [5.74, 6) is 0.0434. The fraction of sp³-hybridized carbons (Fsp3) is 0.0351. The van der Waals surface area contributed by atoms with Crippen LogP contribution in [0.15, 0.2) is 217 Å². The Morgan fingerprint density at radius 2 is 1.11 bits per heavy atom. The van der Waals surface area contributed by atoms with Gasteiger partial charge in [0.1, 0.15) is 17.0 Å². The molecule has 0 saturated heterocycles. The maximum atomic E-state index is 8.17. The largest absolute Gasteiger partial charge is 0.455 e. The van der Waals surface area contributed by atoms with E-state index in [2.05, 4.69) is 150 Å². The molecule has 12 rings (SSSR count). The molecule has 63 heavy (non-hydrogen) atoms. The van der Waals surface area contributed by atoms with E-state index in [0.717, 1.165) is 77.3 Å². The van der Waals surface area contributed by atoms with Crippen LogP contribution in [0.1, 0.15) is 16.7 Å². The lowest BCUT2D eigenvalue weighted by Gasteiger charge is -2.11. The summed E-state index contributed by atoms with van der Waals surface area (Å²) in [4.78, 5) is 0. The Balaban J connectivity index is 0.000000266. The van der Waals surface area contributed by atoms with E-state index in [0.29, 0.717) is 12.1 Å². The SMILES string of the molecule is Cc1ccccc1.N=C(N)c1cccc(-c2cc3c(c4ccc5c(c6ccccc6n5-c5ccccc5)c4n3-c3ccccc3)c3oc4ccccc4c23)c1.NCc1ccccc1. The second-order valence-corrected chi connectivity index (χ2v) is 15.7. The van der Waals surface area contributed by atoms with Gasteiger partial charge < -0.3 is 25.0 Å². The Kier molecular flexibility index (Phi) is 10.3. The van der Waals surface area contributed by atoms with E-state index < -0.39 is 0 Å². The lowest BCUT2D eigenvalue weighted by molar-refractivity contribution is 0.673. The van der Waals surface area contributed by atoms with Gasteiger partial charge >= 0.3 is 0 Å². The molecule has 0 saturated carbocycles. The van der Waals surface area contributed by atoms with Crippen molar-refractivity contribution < 1.29 is 4.42 Å². The molecule has 5 N–H and O–H groups in total. The Bertz CT molecular complexity index is 3570. The molecule has 12 aromatic rings. The van der Waals surface area contributed by atoms with E-state index >= 15 is 0 Å². The van der Waals surface area contributed by atoms with Crippen LogP contribution in [0.4, 0.5) is 0 Å². The van der Waals surface area contributed by atoms with Crippen LogP contribution in [0, 0.1) is 12.3 Å². The van der Waals surface area contributed by atoms with Gasteiger partial charge in [-0.25, -0.2) is 0 Å². The standard InChI is InChI=1S/C43H28N4O.C7H9N.C7H8/c44-43(45)27-13-11-12-26(24-27)33-25-36-40(42-38(33)31-19-8-10-21-37(31)48-42)32-22-23-35-39(41(32)47(36)29-16-5-2-6-17-29)30-18-7-9-20-34(30)46(35)28-14-3-1-4-15-28;8-6-7-4-2-1-3-5-7;1-7-5-3-2-4-6-7/h1-25H,(H3,44,45);1-5H,6,8H2;2-6H,1H3. The van der Waals surface area contributed by atoms with Gasteiger partial charge in [0.25, 0.3) is 0 Å². The minimum Gasteiger partial charge on any atom is -0.455 e. The number of furan rings is 1. The number of nitrogen functional groups attached to an aromatic ring is 1. The lowest BCUT2D eigenvalue weighted by atomic mass is 9.95. The fourth-order valence-electron chi connectivity index (χ4n) is 8.85. The number of nitrogens with one attached hydrogen (secondary N) is 1. The van der Waals surface area contributed by atoms with Gasteiger partial charge in [0, 0.05) is 50.4 Å². The van der Waals surface area contributed by atoms with Crippen molar-refractivity contribution in [3.63, 3.8) is 0 Å². The minimum absolute atomic E-state index is 0.0434. The van der Waals surface area contributed by atoms with Gasteiger partial charge in [-0.2, -0.15) is 0 Å². The lowest BCUT2D eigenvalue weighted by Crippen LogP contribution is -2.10. The van der Waals surface area contributed by atoms with Gasteiger partial charge in [0.15, 0.2) is 0 Å². The third-order valence-electron chi connectivity index (χ3n) is 11.7. The van der Waals surface area contributed by atoms with Crippen LogP contribution in [-0.4, -0.2) is 15.0 Å². The molecule has 0 bridgehead atoms. The number of para-hydroxylation sites is 4. The molecular formula is C57H45N5O. The molecule has 6 heteroatoms. The highest BCUT2D eigenvalue weighted by molar-refractivity contribution is 6.32. The number of aryl methyl sites for hydroxylation is 1. The van der Waals surface area contributed by atoms with Crippen molar-refractivity contribution >= 4 is 71.4 Å². The summed E-state index contributed by atoms with van der Waals surface area (Å²) < 4.78 is 11.6. The van der Waals surface area contributed by atoms with Crippen LogP contribution in [0.5, 0.6) is 0 Å². The maximum Gasteiger partial charge on any atom is 0.146 e. The van der Waals surface area contributed by atoms with E-state index in [1.165, 1.54) is 21.9 Å². The van der Waals surface area contributed by atoms with Crippen LogP contribution < -0.4 is 11.5 Å². The number of fused-ring (bicyclic) bond motifs is 11. The fourth-order valence-corrected chi connectivity index (χ4v) is 8.85. The molecule has 0 spiro atoms. The summed E-state index contributed by atoms with van der Waals surface area (Å²) in [5, 5.41) is 14.9. The molecule has 0 aliphatic carbocycles. The van der Waals surface area contributed by atoms with Crippen molar-refractivity contribution in [2.75, 3.05) is 0 Å². The van der Waals surface area contributed by atoms with Crippen LogP contribution >= 0.6 is 0 Å². The zero-order valence-corrected chi connectivity index (χ0v) is 34.9. The molecule has 0 fully saturated rings. The molecule has 0 unspecified atom stereocenters. The average molecular weight is 816 g/mol. The van der Waals surface area contributed by atoms with Crippen molar-refractivity contribution in [2.45, 2.75) is 13.5 Å². The number of benzene rings is 9. The normalized spacial score (nSPS) is 11.2. The van der Waals surface area contributed by atoms with Crippen molar-refractivity contribution in [3.05, 3.63) is 229 Å². The van der Waals surface area contributed by atoms with Crippen LogP contribution in [0.3, 0.4) is 0 Å². The van der Waals surface area contributed by atoms with E-state index in [4.69, 9.17) is 21.3 Å². The number of amidine groups is 1. The molecule has 9 aromatic carbocycles. The summed E-state index contributed by atoms with van der Waals surface area (Å²) in [5.41, 5.74) is 24.9. The molecule has 0 radical (unpaired) electrons. The predicted molar refractivity (Wildman–Crippen MR) is 264 cm³/mol. The van der Waals surface area contributed by atoms with E-state index in [-0.39, 0.29) is 5.84 Å². The smallest absolute Gasteiger partial charge is 0.146 e. The van der Waals surface area contributed by atoms with Gasteiger partial charge in [-0.15, -0.1) is 0 Å². The molecule has 0 aliphatic heterocycles. The average Bonchev–Trinajstić information content (AvgIpc) is 4.01. The molecule has 0 atom stereocenters. The van der Waals surface area contributed by atoms with Gasteiger partial charge in [-0.3, -0.25) is 5.41 Å². The third kappa shape index (κ3) is 7.08. The van der Waals surface area contributed by atoms with Crippen molar-refractivity contribution in [3.8, 4) is 22.5 Å². The van der Waals surface area contributed by atoms with Crippen molar-refractivity contribution in [2.24, 2.45) is 11.5 Å². The van der Waals surface area contributed by atoms with Gasteiger partial charge in [-0.1, -0.05) is 157 Å². The highest BCUT2D eigenvalue weighted by atomic mass is 16.3. The number of nitrogens with zero attached hydrogens (tertiary/aromatic N) is 2. The topological polar surface area (TPSA) is 98.9 Å². The summed E-state index contributed by atoms with van der Waals surface area (Å²) in [7, 11) is 0. The maximum absolute atomic E-state index is 8.17. The van der Waals surface area contributed by atoms with Crippen molar-refractivity contribution in [1.29, 1.82) is 5.41 Å². The Morgan fingerprint density at radius 3 is 1.75 bits per heavy atom. The second-order valence-electron chi connectivity index (χ2n) is 15.7. The molecule has 6 nitrogen and oxygen atoms in total. The van der Waals surface area contributed by atoms with E-state index in [1.807, 2.05) is 78.9 Å². The second kappa shape index (κ2) is 16.7. The first-order valence-electron chi connectivity index (χ1n) is 21.2. The molecule has 0 amide bonds. The summed E-state index contributed by atoms with van der Waals surface area (Å²) >= 11 is 0. The number of aromatic nitrogens is 2. The van der Waals surface area contributed by atoms with Crippen LogP contribution in [0.25, 0.3) is 88.1 Å². The van der Waals surface area contributed by atoms with E-state index in [1.54, 1.807) is 0 Å². The highest BCUT2D eigenvalue weighted by Gasteiger charge is 2.25. The number of hydrogen-bond acceptors (Lipinski definition) is 3. The molecule has 3 heterocycles. The first-order valence-corrected chi connectivity index (χ1v) is 21.2. The summed E-state index contributed by atoms with van der Waals surface area (Å²) in [6.07, 6.45) is 0. The number of nitrogens with two attached hydrogens (primary N) is 2. The first-order chi connectivity index (χ1) is 31.0. The molecule has 3 aromatic heterocycles. The zero-order chi connectivity index (χ0) is 42.9. The quantitative estimate of drug-likeness (QED) is 0.119. The molecule has 304 valence electrons. The van der Waals surface area contributed by atoms with Gasteiger partial charge in [0.2, 0.25) is 0 Å². The summed E-state index contributed by atoms with van der Waals surface area (Å²) in [6.45, 7) is 2.72. The highest BCUT2D eigenvalue weighted by Crippen LogP contribution is 2.48. The van der Waals surface area contributed by atoms with Gasteiger partial charge in [-0.05, 0) is 84.3 Å². The number of rotatable bonds is 5. The molecule has 0 aliphatic rings. The van der Waals surface area contributed by atoms with Crippen LogP contribution in [0.2, 0.25) is 0 Å². The number of hydrogen-bond donors (Lipinski definition) is 3. The first kappa shape index (κ1) is 39.0. The monoisotopic (exact) mass is 815 g/mol. The van der Waals surface area contributed by atoms with Gasteiger partial charge in [0.05, 0.1) is 27.5 Å². The van der Waals surface area contributed by atoms with E-state index in [9.17, 15) is 0 Å². The Labute approximate surface area is 365 Å². The molecular weight excluding hydrogens is 771 g/mol. The minimum atomic E-state index is 0.0434. The zero-order valence-electron chi connectivity index (χ0n) is 34.9. The Hall–Kier alpha value is -8.19. The third-order valence-corrected chi connectivity index (χ3v) is 11.7. The predicted octanol–water partition coefficient (Wildman–Crippen LogP) is 13.9. The van der Waals surface area contributed by atoms with Crippen molar-refractivity contribution in [1.82, 2.24) is 9.13 Å².